The van der Waals surface area contributed by atoms with Crippen LogP contribution in [0, 0.1) is 13.8 Å². The number of fused-ring (bicyclic) bond motifs is 3. The number of alkyl halides is 1. The zero-order valence-corrected chi connectivity index (χ0v) is 17.9. The molecule has 8 heteroatoms. The number of anilines is 1. The minimum Gasteiger partial charge on any atom is -0.374 e. The Hall–Kier alpha value is -2.58. The van der Waals surface area contributed by atoms with Crippen molar-refractivity contribution in [3.63, 3.8) is 0 Å². The fourth-order valence-corrected chi connectivity index (χ4v) is 5.43. The molecule has 0 aliphatic carbocycles. The molecule has 2 bridgehead atoms. The Morgan fingerprint density at radius 2 is 2.03 bits per heavy atom. The van der Waals surface area contributed by atoms with Gasteiger partial charge < -0.3 is 15.0 Å². The lowest BCUT2D eigenvalue weighted by atomic mass is 9.85. The van der Waals surface area contributed by atoms with Gasteiger partial charge in [0, 0.05) is 30.5 Å². The number of halogens is 1. The van der Waals surface area contributed by atoms with Crippen molar-refractivity contribution in [2.75, 3.05) is 31.1 Å². The second kappa shape index (κ2) is 7.24. The van der Waals surface area contributed by atoms with Gasteiger partial charge >= 0.3 is 0 Å². The minimum absolute atomic E-state index is 0.0863. The summed E-state index contributed by atoms with van der Waals surface area (Å²) in [7, 11) is 0. The van der Waals surface area contributed by atoms with Crippen LogP contribution in [0.4, 0.5) is 10.2 Å². The van der Waals surface area contributed by atoms with Crippen molar-refractivity contribution in [1.29, 1.82) is 0 Å². The molecule has 6 rings (SSSR count). The first kappa shape index (κ1) is 19.1. The summed E-state index contributed by atoms with van der Waals surface area (Å²) in [5, 5.41) is 8.84. The molecule has 3 fully saturated rings. The molecule has 3 aliphatic heterocycles. The van der Waals surface area contributed by atoms with E-state index in [9.17, 15) is 4.39 Å². The zero-order valence-electron chi connectivity index (χ0n) is 17.9. The number of aryl methyl sites for hydroxylation is 2. The molecule has 31 heavy (non-hydrogen) atoms. The average Bonchev–Trinajstić information content (AvgIpc) is 3.49. The van der Waals surface area contributed by atoms with E-state index in [-0.39, 0.29) is 5.92 Å². The maximum Gasteiger partial charge on any atom is 0.159 e. The average molecular weight is 423 g/mol. The lowest BCUT2D eigenvalue weighted by Crippen LogP contribution is -2.37. The van der Waals surface area contributed by atoms with Gasteiger partial charge in [0.15, 0.2) is 5.82 Å². The van der Waals surface area contributed by atoms with Crippen LogP contribution in [-0.4, -0.2) is 64.3 Å². The molecule has 2 unspecified atom stereocenters. The molecule has 162 valence electrons. The highest BCUT2D eigenvalue weighted by Crippen LogP contribution is 2.35. The first-order chi connectivity index (χ1) is 15.1. The van der Waals surface area contributed by atoms with Crippen LogP contribution in [0.2, 0.25) is 0 Å². The topological polar surface area (TPSA) is 68.1 Å². The highest BCUT2D eigenvalue weighted by molar-refractivity contribution is 5.82. The Morgan fingerprint density at radius 1 is 1.16 bits per heavy atom. The van der Waals surface area contributed by atoms with Gasteiger partial charge in [-0.05, 0) is 56.5 Å². The van der Waals surface area contributed by atoms with Gasteiger partial charge in [0.05, 0.1) is 30.5 Å². The van der Waals surface area contributed by atoms with Crippen LogP contribution in [0.3, 0.4) is 0 Å². The standard InChI is InChI=1S/C23H27FN6O/c1-13-5-15-9-26-30(21(15)7-19(13)18-3-4-25-10-20(18)24)23-8-22(27-14(2)28-23)29-11-17-6-16(29)12-31-17/h5,7-9,16-18,20,25H,3-4,6,10-12H2,1-2H3/t16-,17-,18?,20?/m0/s1. The molecular formula is C23H27FN6O. The molecule has 3 aliphatic rings. The first-order valence-electron chi connectivity index (χ1n) is 11.1. The van der Waals surface area contributed by atoms with Crippen molar-refractivity contribution < 1.29 is 9.13 Å². The minimum atomic E-state index is -0.873. The molecule has 0 radical (unpaired) electrons. The number of nitrogens with zero attached hydrogens (tertiary/aromatic N) is 5. The molecule has 1 aromatic carbocycles. The van der Waals surface area contributed by atoms with Crippen molar-refractivity contribution >= 4 is 16.7 Å². The van der Waals surface area contributed by atoms with E-state index in [1.165, 1.54) is 0 Å². The van der Waals surface area contributed by atoms with Gasteiger partial charge in [-0.25, -0.2) is 19.0 Å². The molecule has 7 nitrogen and oxygen atoms in total. The van der Waals surface area contributed by atoms with Crippen LogP contribution >= 0.6 is 0 Å². The maximum atomic E-state index is 14.7. The van der Waals surface area contributed by atoms with E-state index in [1.54, 1.807) is 0 Å². The number of rotatable bonds is 3. The van der Waals surface area contributed by atoms with Crippen molar-refractivity contribution in [2.24, 2.45) is 0 Å². The Kier molecular flexibility index (Phi) is 4.47. The first-order valence-corrected chi connectivity index (χ1v) is 11.1. The third kappa shape index (κ3) is 3.20. The maximum absolute atomic E-state index is 14.7. The van der Waals surface area contributed by atoms with Gasteiger partial charge in [0.2, 0.25) is 0 Å². The number of hydrogen-bond acceptors (Lipinski definition) is 6. The predicted molar refractivity (Wildman–Crippen MR) is 117 cm³/mol. The van der Waals surface area contributed by atoms with Crippen molar-refractivity contribution in [3.8, 4) is 5.82 Å². The van der Waals surface area contributed by atoms with E-state index in [1.807, 2.05) is 23.9 Å². The summed E-state index contributed by atoms with van der Waals surface area (Å²) in [4.78, 5) is 11.7. The molecule has 0 amide bonds. The van der Waals surface area contributed by atoms with E-state index >= 15 is 0 Å². The molecule has 0 spiro atoms. The van der Waals surface area contributed by atoms with Crippen molar-refractivity contribution in [3.05, 3.63) is 41.3 Å². The molecule has 2 aromatic heterocycles. The zero-order chi connectivity index (χ0) is 21.1. The summed E-state index contributed by atoms with van der Waals surface area (Å²) >= 11 is 0. The highest BCUT2D eigenvalue weighted by Gasteiger charge is 2.40. The Labute approximate surface area is 180 Å². The summed E-state index contributed by atoms with van der Waals surface area (Å²) in [5.74, 6) is 2.31. The summed E-state index contributed by atoms with van der Waals surface area (Å²) < 4.78 is 22.3. The Bertz CT molecular complexity index is 1150. The number of ether oxygens (including phenoxy) is 1. The fraction of sp³-hybridized carbons (Fsp3) is 0.522. The van der Waals surface area contributed by atoms with Crippen molar-refractivity contribution in [2.45, 2.75) is 50.9 Å². The smallest absolute Gasteiger partial charge is 0.159 e. The van der Waals surface area contributed by atoms with Gasteiger partial charge in [-0.3, -0.25) is 0 Å². The number of aromatic nitrogens is 4. The molecular weight excluding hydrogens is 395 g/mol. The summed E-state index contributed by atoms with van der Waals surface area (Å²) in [6.07, 6.45) is 3.16. The Morgan fingerprint density at radius 3 is 2.81 bits per heavy atom. The van der Waals surface area contributed by atoms with Crippen LogP contribution < -0.4 is 10.2 Å². The lowest BCUT2D eigenvalue weighted by molar-refractivity contribution is 0.0988. The third-order valence-corrected chi connectivity index (χ3v) is 6.99. The summed E-state index contributed by atoms with van der Waals surface area (Å²) in [6.45, 7) is 6.88. The van der Waals surface area contributed by atoms with Gasteiger partial charge in [-0.2, -0.15) is 5.10 Å². The SMILES string of the molecule is Cc1nc(N2C[C@@H]3C[C@H]2CO3)cc(-n2ncc3cc(C)c(C4CCNCC4F)cc32)n1. The molecule has 1 N–H and O–H groups in total. The predicted octanol–water partition coefficient (Wildman–Crippen LogP) is 2.82. The lowest BCUT2D eigenvalue weighted by Gasteiger charge is -2.28. The van der Waals surface area contributed by atoms with Crippen LogP contribution in [0.1, 0.15) is 35.7 Å². The molecule has 3 saturated heterocycles. The van der Waals surface area contributed by atoms with Gasteiger partial charge in [0.1, 0.15) is 17.8 Å². The molecule has 4 atom stereocenters. The van der Waals surface area contributed by atoms with Gasteiger partial charge in [-0.1, -0.05) is 0 Å². The number of piperidine rings is 1. The molecule has 5 heterocycles. The summed E-state index contributed by atoms with van der Waals surface area (Å²) in [6, 6.07) is 6.64. The normalized spacial score (nSPS) is 28.0. The van der Waals surface area contributed by atoms with E-state index in [0.29, 0.717) is 24.5 Å². The third-order valence-electron chi connectivity index (χ3n) is 6.99. The van der Waals surface area contributed by atoms with Crippen molar-refractivity contribution in [1.82, 2.24) is 25.1 Å². The number of benzene rings is 1. The second-order valence-corrected chi connectivity index (χ2v) is 9.07. The quantitative estimate of drug-likeness (QED) is 0.700. The van der Waals surface area contributed by atoms with Gasteiger partial charge in [0.25, 0.3) is 0 Å². The Balaban J connectivity index is 1.42. The number of hydrogen-bond donors (Lipinski definition) is 1. The fourth-order valence-electron chi connectivity index (χ4n) is 5.43. The van der Waals surface area contributed by atoms with E-state index in [2.05, 4.69) is 39.4 Å². The van der Waals surface area contributed by atoms with Crippen LogP contribution in [0.15, 0.2) is 24.4 Å². The number of morpholine rings is 1. The number of nitrogens with one attached hydrogen (secondary N) is 1. The second-order valence-electron chi connectivity index (χ2n) is 9.07. The van der Waals surface area contributed by atoms with E-state index < -0.39 is 6.17 Å². The molecule has 0 saturated carbocycles. The van der Waals surface area contributed by atoms with Crippen LogP contribution in [0.5, 0.6) is 0 Å². The molecule has 3 aromatic rings. The monoisotopic (exact) mass is 422 g/mol. The van der Waals surface area contributed by atoms with Gasteiger partial charge in [-0.15, -0.1) is 0 Å². The highest BCUT2D eigenvalue weighted by atomic mass is 19.1. The van der Waals surface area contributed by atoms with Crippen LogP contribution in [-0.2, 0) is 4.74 Å². The summed E-state index contributed by atoms with van der Waals surface area (Å²) in [5.41, 5.74) is 3.15. The van der Waals surface area contributed by atoms with E-state index in [4.69, 9.17) is 9.72 Å². The van der Waals surface area contributed by atoms with Crippen LogP contribution in [0.25, 0.3) is 16.7 Å². The van der Waals surface area contributed by atoms with E-state index in [0.717, 1.165) is 66.2 Å². The largest absolute Gasteiger partial charge is 0.374 e.